The van der Waals surface area contributed by atoms with Crippen LogP contribution in [-0.4, -0.2) is 57.4 Å². The Hall–Kier alpha value is -2.25. The van der Waals surface area contributed by atoms with Gasteiger partial charge in [0.1, 0.15) is 0 Å². The monoisotopic (exact) mass is 458 g/mol. The summed E-state index contributed by atoms with van der Waals surface area (Å²) in [6.45, 7) is 3.50. The molecule has 0 N–H and O–H groups in total. The molecule has 1 saturated heterocycles. The van der Waals surface area contributed by atoms with Crippen LogP contribution in [0.25, 0.3) is 0 Å². The minimum absolute atomic E-state index is 0.114. The first-order valence-electron chi connectivity index (χ1n) is 11.6. The predicted molar refractivity (Wildman–Crippen MR) is 128 cm³/mol. The molecular formula is C25H34N2O4S. The minimum Gasteiger partial charge on any atom is -0.493 e. The summed E-state index contributed by atoms with van der Waals surface area (Å²) in [5, 5.41) is 0. The second-order valence-corrected chi connectivity index (χ2v) is 10.9. The number of methoxy groups -OCH3 is 1. The van der Waals surface area contributed by atoms with Crippen LogP contribution in [0.3, 0.4) is 0 Å². The molecule has 0 bridgehead atoms. The lowest BCUT2D eigenvalue weighted by atomic mass is 10.0. The highest BCUT2D eigenvalue weighted by Gasteiger charge is 2.34. The fraction of sp³-hybridized carbons (Fsp3) is 0.520. The average Bonchev–Trinajstić information content (AvgIpc) is 3.32. The summed E-state index contributed by atoms with van der Waals surface area (Å²) in [7, 11) is -1.60. The number of piperazine rings is 1. The third-order valence-electron chi connectivity index (χ3n) is 6.57. The second kappa shape index (κ2) is 10.1. The molecular weight excluding hydrogens is 424 g/mol. The standard InChI is InChI=1S/C25H34N2O4S/c1-3-32(28,29)27-16-15-26(19-22(27)17-20-9-5-4-6-10-20)21-13-14-24(30-2)25(18-21)31-23-11-7-8-12-23/h4-6,9-10,13-14,18,22-23H,3,7-8,11-12,15-17,19H2,1-2H3/t22-/m0/s1. The molecule has 4 rings (SSSR count). The number of ether oxygens (including phenoxy) is 2. The van der Waals surface area contributed by atoms with E-state index in [0.29, 0.717) is 26.1 Å². The van der Waals surface area contributed by atoms with Gasteiger partial charge in [0.05, 0.1) is 19.0 Å². The highest BCUT2D eigenvalue weighted by molar-refractivity contribution is 7.89. The second-order valence-electron chi connectivity index (χ2n) is 8.66. The van der Waals surface area contributed by atoms with Crippen molar-refractivity contribution in [3.63, 3.8) is 0 Å². The molecule has 0 unspecified atom stereocenters. The van der Waals surface area contributed by atoms with Gasteiger partial charge in [-0.05, 0) is 56.7 Å². The van der Waals surface area contributed by atoms with Gasteiger partial charge < -0.3 is 14.4 Å². The quantitative estimate of drug-likeness (QED) is 0.596. The van der Waals surface area contributed by atoms with Crippen LogP contribution in [0.1, 0.15) is 38.2 Å². The molecule has 174 valence electrons. The summed E-state index contributed by atoms with van der Waals surface area (Å²) in [5.41, 5.74) is 2.20. The average molecular weight is 459 g/mol. The number of anilines is 1. The lowest BCUT2D eigenvalue weighted by molar-refractivity contribution is 0.200. The Bertz CT molecular complexity index is 990. The first-order valence-corrected chi connectivity index (χ1v) is 13.2. The predicted octanol–water partition coefficient (Wildman–Crippen LogP) is 4.10. The van der Waals surface area contributed by atoms with Gasteiger partial charge in [0.2, 0.25) is 10.0 Å². The van der Waals surface area contributed by atoms with Crippen LogP contribution in [0.4, 0.5) is 5.69 Å². The zero-order valence-electron chi connectivity index (χ0n) is 19.1. The van der Waals surface area contributed by atoms with Crippen LogP contribution < -0.4 is 14.4 Å². The Morgan fingerprint density at radius 1 is 1.00 bits per heavy atom. The van der Waals surface area contributed by atoms with Crippen LogP contribution in [0.15, 0.2) is 48.5 Å². The van der Waals surface area contributed by atoms with E-state index in [1.807, 2.05) is 30.3 Å². The first-order chi connectivity index (χ1) is 15.5. The van der Waals surface area contributed by atoms with E-state index < -0.39 is 10.0 Å². The number of nitrogens with zero attached hydrogens (tertiary/aromatic N) is 2. The summed E-state index contributed by atoms with van der Waals surface area (Å²) in [5.74, 6) is 1.65. The number of sulfonamides is 1. The summed E-state index contributed by atoms with van der Waals surface area (Å²) >= 11 is 0. The van der Waals surface area contributed by atoms with Crippen LogP contribution in [0.2, 0.25) is 0 Å². The van der Waals surface area contributed by atoms with Gasteiger partial charge in [-0.2, -0.15) is 4.31 Å². The Kier molecular flexibility index (Phi) is 7.26. The molecule has 1 saturated carbocycles. The molecule has 2 aromatic rings. The number of benzene rings is 2. The highest BCUT2D eigenvalue weighted by atomic mass is 32.2. The highest BCUT2D eigenvalue weighted by Crippen LogP contribution is 2.36. The molecule has 6 nitrogen and oxygen atoms in total. The Morgan fingerprint density at radius 3 is 2.44 bits per heavy atom. The van der Waals surface area contributed by atoms with Crippen molar-refractivity contribution in [1.82, 2.24) is 4.31 Å². The summed E-state index contributed by atoms with van der Waals surface area (Å²) in [6, 6.07) is 16.1. The fourth-order valence-electron chi connectivity index (χ4n) is 4.80. The van der Waals surface area contributed by atoms with E-state index >= 15 is 0 Å². The van der Waals surface area contributed by atoms with Gasteiger partial charge in [0.25, 0.3) is 0 Å². The number of rotatable bonds is 8. The minimum atomic E-state index is -3.27. The zero-order chi connectivity index (χ0) is 22.6. The molecule has 2 aliphatic rings. The topological polar surface area (TPSA) is 59.1 Å². The Balaban J connectivity index is 1.57. The third kappa shape index (κ3) is 5.21. The van der Waals surface area contributed by atoms with Crippen molar-refractivity contribution in [3.8, 4) is 11.5 Å². The summed E-state index contributed by atoms with van der Waals surface area (Å²) in [6.07, 6.45) is 5.53. The third-order valence-corrected chi connectivity index (χ3v) is 8.50. The maximum absolute atomic E-state index is 12.8. The molecule has 0 radical (unpaired) electrons. The Morgan fingerprint density at radius 2 is 1.75 bits per heavy atom. The van der Waals surface area contributed by atoms with E-state index in [4.69, 9.17) is 9.47 Å². The molecule has 0 amide bonds. The molecule has 1 aliphatic heterocycles. The van der Waals surface area contributed by atoms with Crippen molar-refractivity contribution in [1.29, 1.82) is 0 Å². The van der Waals surface area contributed by atoms with Gasteiger partial charge >= 0.3 is 0 Å². The van der Waals surface area contributed by atoms with Crippen molar-refractivity contribution in [2.45, 2.75) is 51.2 Å². The summed E-state index contributed by atoms with van der Waals surface area (Å²) in [4.78, 5) is 2.27. The lowest BCUT2D eigenvalue weighted by Gasteiger charge is -2.41. The number of hydrogen-bond donors (Lipinski definition) is 0. The van der Waals surface area contributed by atoms with E-state index in [0.717, 1.165) is 35.6 Å². The van der Waals surface area contributed by atoms with Gasteiger partial charge in [-0.1, -0.05) is 30.3 Å². The summed E-state index contributed by atoms with van der Waals surface area (Å²) < 4.78 is 39.1. The van der Waals surface area contributed by atoms with Crippen molar-refractivity contribution in [2.75, 3.05) is 37.4 Å². The van der Waals surface area contributed by atoms with Gasteiger partial charge in [0.15, 0.2) is 11.5 Å². The van der Waals surface area contributed by atoms with E-state index in [9.17, 15) is 8.42 Å². The van der Waals surface area contributed by atoms with Crippen molar-refractivity contribution in [3.05, 3.63) is 54.1 Å². The van der Waals surface area contributed by atoms with Gasteiger partial charge in [-0.3, -0.25) is 0 Å². The van der Waals surface area contributed by atoms with E-state index in [1.165, 1.54) is 12.8 Å². The van der Waals surface area contributed by atoms with E-state index in [2.05, 4.69) is 23.1 Å². The molecule has 1 aliphatic carbocycles. The largest absolute Gasteiger partial charge is 0.493 e. The molecule has 0 spiro atoms. The van der Waals surface area contributed by atoms with Crippen molar-refractivity contribution >= 4 is 15.7 Å². The van der Waals surface area contributed by atoms with E-state index in [1.54, 1.807) is 18.3 Å². The smallest absolute Gasteiger partial charge is 0.214 e. The molecule has 1 atom stereocenters. The van der Waals surface area contributed by atoms with E-state index in [-0.39, 0.29) is 17.9 Å². The molecule has 2 aromatic carbocycles. The molecule has 7 heteroatoms. The Labute approximate surface area is 192 Å². The maximum atomic E-state index is 12.8. The lowest BCUT2D eigenvalue weighted by Crippen LogP contribution is -2.56. The van der Waals surface area contributed by atoms with Crippen LogP contribution >= 0.6 is 0 Å². The molecule has 32 heavy (non-hydrogen) atoms. The van der Waals surface area contributed by atoms with Gasteiger partial charge in [-0.25, -0.2) is 8.42 Å². The SMILES string of the molecule is CCS(=O)(=O)N1CCN(c2ccc(OC)c(OC3CCCC3)c2)C[C@@H]1Cc1ccccc1. The first kappa shape index (κ1) is 22.9. The molecule has 0 aromatic heterocycles. The number of hydrogen-bond acceptors (Lipinski definition) is 5. The molecule has 2 fully saturated rings. The van der Waals surface area contributed by atoms with Gasteiger partial charge in [0, 0.05) is 37.4 Å². The van der Waals surface area contributed by atoms with Crippen molar-refractivity contribution in [2.24, 2.45) is 0 Å². The zero-order valence-corrected chi connectivity index (χ0v) is 19.9. The fourth-order valence-corrected chi connectivity index (χ4v) is 6.08. The van der Waals surface area contributed by atoms with Gasteiger partial charge in [-0.15, -0.1) is 0 Å². The van der Waals surface area contributed by atoms with Crippen LogP contribution in [0.5, 0.6) is 11.5 Å². The normalized spacial score (nSPS) is 20.4. The van der Waals surface area contributed by atoms with Crippen molar-refractivity contribution < 1.29 is 17.9 Å². The molecule has 1 heterocycles. The maximum Gasteiger partial charge on any atom is 0.214 e. The van der Waals surface area contributed by atoms with Crippen LogP contribution in [-0.2, 0) is 16.4 Å². The van der Waals surface area contributed by atoms with Crippen LogP contribution in [0, 0.1) is 0 Å².